The van der Waals surface area contributed by atoms with Crippen LogP contribution in [0, 0.1) is 0 Å². The zero-order valence-corrected chi connectivity index (χ0v) is 8.89. The van der Waals surface area contributed by atoms with Gasteiger partial charge in [0.25, 0.3) is 0 Å². The van der Waals surface area contributed by atoms with E-state index >= 15 is 0 Å². The molecule has 1 aromatic rings. The van der Waals surface area contributed by atoms with Gasteiger partial charge in [-0.05, 0) is 5.56 Å². The Morgan fingerprint density at radius 3 is 2.58 bits per heavy atom. The molecule has 12 heavy (non-hydrogen) atoms. The van der Waals surface area contributed by atoms with Crippen molar-refractivity contribution in [2.24, 2.45) is 0 Å². The van der Waals surface area contributed by atoms with E-state index in [2.05, 4.69) is 31.3 Å². The first-order valence-electron chi connectivity index (χ1n) is 4.24. The van der Waals surface area contributed by atoms with E-state index in [1.54, 1.807) is 10.5 Å². The lowest BCUT2D eigenvalue weighted by molar-refractivity contribution is -0.895. The molecule has 0 amide bonds. The molecule has 0 fully saturated rings. The number of halogens is 1. The third kappa shape index (κ3) is 1.87. The highest BCUT2D eigenvalue weighted by molar-refractivity contribution is 5.27. The van der Waals surface area contributed by atoms with Crippen LogP contribution in [-0.4, -0.2) is 13.6 Å². The van der Waals surface area contributed by atoms with Gasteiger partial charge in [-0.1, -0.05) is 24.3 Å². The van der Waals surface area contributed by atoms with Crippen LogP contribution < -0.4 is 21.9 Å². The maximum atomic E-state index is 2.26. The van der Waals surface area contributed by atoms with Crippen molar-refractivity contribution in [1.29, 1.82) is 0 Å². The first-order chi connectivity index (χ1) is 5.36. The summed E-state index contributed by atoms with van der Waals surface area (Å²) in [4.78, 5) is 1.63. The Balaban J connectivity index is 0.000000720. The molecule has 66 valence electrons. The zero-order valence-electron chi connectivity index (χ0n) is 7.31. The summed E-state index contributed by atoms with van der Waals surface area (Å²) < 4.78 is 0. The summed E-state index contributed by atoms with van der Waals surface area (Å²) >= 11 is 0. The number of benzene rings is 1. The molecule has 1 aliphatic rings. The van der Waals surface area contributed by atoms with Gasteiger partial charge in [-0.2, -0.15) is 0 Å². The quantitative estimate of drug-likeness (QED) is 0.491. The van der Waals surface area contributed by atoms with Crippen LogP contribution in [0.5, 0.6) is 0 Å². The molecule has 1 aromatic carbocycles. The van der Waals surface area contributed by atoms with Crippen LogP contribution in [0.25, 0.3) is 0 Å². The van der Waals surface area contributed by atoms with Crippen LogP contribution in [0.15, 0.2) is 24.3 Å². The average molecular weight is 228 g/mol. The predicted octanol–water partition coefficient (Wildman–Crippen LogP) is -2.74. The lowest BCUT2D eigenvalue weighted by atomic mass is 10.0. The summed E-state index contributed by atoms with van der Waals surface area (Å²) in [5.74, 6) is 0. The number of rotatable bonds is 0. The third-order valence-corrected chi connectivity index (χ3v) is 2.43. The standard InChI is InChI=1S/C10H13N.BrH/c1-11-7-6-9-4-2-3-5-10(9)8-11;/h2-5H,6-8H2,1H3;1H. The Morgan fingerprint density at radius 2 is 1.83 bits per heavy atom. The molecular weight excluding hydrogens is 214 g/mol. The molecule has 0 aromatic heterocycles. The van der Waals surface area contributed by atoms with Crippen LogP contribution in [0.1, 0.15) is 11.1 Å². The van der Waals surface area contributed by atoms with Gasteiger partial charge in [0.1, 0.15) is 6.54 Å². The van der Waals surface area contributed by atoms with Crippen molar-refractivity contribution in [1.82, 2.24) is 0 Å². The average Bonchev–Trinajstić information content (AvgIpc) is 2.04. The second kappa shape index (κ2) is 4.06. The number of nitrogens with one attached hydrogen (secondary N) is 1. The number of hydrogen-bond donors (Lipinski definition) is 1. The van der Waals surface area contributed by atoms with Crippen molar-refractivity contribution in [2.45, 2.75) is 13.0 Å². The summed E-state index contributed by atoms with van der Waals surface area (Å²) in [5, 5.41) is 0. The first kappa shape index (κ1) is 9.75. The lowest BCUT2D eigenvalue weighted by Gasteiger charge is -2.21. The van der Waals surface area contributed by atoms with Crippen LogP contribution in [-0.2, 0) is 13.0 Å². The topological polar surface area (TPSA) is 4.44 Å². The maximum Gasteiger partial charge on any atom is 0.103 e. The molecule has 1 heterocycles. The molecule has 2 heteroatoms. The summed E-state index contributed by atoms with van der Waals surface area (Å²) in [7, 11) is 2.26. The fourth-order valence-corrected chi connectivity index (χ4v) is 1.74. The van der Waals surface area contributed by atoms with Gasteiger partial charge in [0.05, 0.1) is 13.6 Å². The van der Waals surface area contributed by atoms with E-state index in [0.29, 0.717) is 0 Å². The smallest absolute Gasteiger partial charge is 0.103 e. The van der Waals surface area contributed by atoms with Gasteiger partial charge in [-0.15, -0.1) is 0 Å². The Bertz CT molecular complexity index is 260. The molecule has 1 unspecified atom stereocenters. The first-order valence-corrected chi connectivity index (χ1v) is 4.24. The Labute approximate surface area is 84.2 Å². The van der Waals surface area contributed by atoms with Gasteiger partial charge in [-0.25, -0.2) is 0 Å². The van der Waals surface area contributed by atoms with Gasteiger partial charge >= 0.3 is 0 Å². The van der Waals surface area contributed by atoms with Crippen molar-refractivity contribution in [3.05, 3.63) is 35.4 Å². The number of likely N-dealkylation sites (N-methyl/N-ethyl adjacent to an activating group) is 1. The zero-order chi connectivity index (χ0) is 7.68. The van der Waals surface area contributed by atoms with E-state index in [9.17, 15) is 0 Å². The second-order valence-electron chi connectivity index (χ2n) is 3.40. The molecule has 1 atom stereocenters. The van der Waals surface area contributed by atoms with Gasteiger partial charge < -0.3 is 21.9 Å². The lowest BCUT2D eigenvalue weighted by Crippen LogP contribution is -3.08. The number of hydrogen-bond acceptors (Lipinski definition) is 0. The second-order valence-corrected chi connectivity index (χ2v) is 3.40. The number of fused-ring (bicyclic) bond motifs is 1. The summed E-state index contributed by atoms with van der Waals surface area (Å²) in [6, 6.07) is 8.77. The molecule has 1 N–H and O–H groups in total. The highest BCUT2D eigenvalue weighted by atomic mass is 79.9. The minimum Gasteiger partial charge on any atom is -1.00 e. The van der Waals surface area contributed by atoms with E-state index < -0.39 is 0 Å². The van der Waals surface area contributed by atoms with Crippen LogP contribution in [0.4, 0.5) is 0 Å². The van der Waals surface area contributed by atoms with Gasteiger partial charge in [-0.3, -0.25) is 0 Å². The van der Waals surface area contributed by atoms with Crippen LogP contribution in [0.2, 0.25) is 0 Å². The highest BCUT2D eigenvalue weighted by Gasteiger charge is 2.13. The molecule has 1 aliphatic heterocycles. The third-order valence-electron chi connectivity index (χ3n) is 2.43. The van der Waals surface area contributed by atoms with E-state index in [4.69, 9.17) is 0 Å². The molecule has 0 bridgehead atoms. The predicted molar refractivity (Wildman–Crippen MR) is 45.6 cm³/mol. The molecule has 1 nitrogen and oxygen atoms in total. The minimum absolute atomic E-state index is 0. The van der Waals surface area contributed by atoms with E-state index in [-0.39, 0.29) is 17.0 Å². The molecule has 2 rings (SSSR count). The number of quaternary nitrogens is 1. The molecule has 0 saturated heterocycles. The van der Waals surface area contributed by atoms with Gasteiger partial charge in [0.2, 0.25) is 0 Å². The Hall–Kier alpha value is -0.340. The largest absolute Gasteiger partial charge is 1.00 e. The van der Waals surface area contributed by atoms with Gasteiger partial charge in [0.15, 0.2) is 0 Å². The molecule has 0 aliphatic carbocycles. The molecular formula is C10H14BrN. The van der Waals surface area contributed by atoms with Crippen LogP contribution >= 0.6 is 0 Å². The van der Waals surface area contributed by atoms with Gasteiger partial charge in [0, 0.05) is 12.0 Å². The summed E-state index contributed by atoms with van der Waals surface area (Å²) in [6.07, 6.45) is 1.25. The monoisotopic (exact) mass is 227 g/mol. The normalized spacial score (nSPS) is 20.9. The van der Waals surface area contributed by atoms with E-state index in [1.807, 2.05) is 0 Å². The van der Waals surface area contributed by atoms with Crippen molar-refractivity contribution in [3.8, 4) is 0 Å². The molecule has 0 radical (unpaired) electrons. The van der Waals surface area contributed by atoms with Crippen molar-refractivity contribution in [2.75, 3.05) is 13.6 Å². The SMILES string of the molecule is C[NH+]1CCc2ccccc2C1.[Br-]. The molecule has 0 saturated carbocycles. The minimum atomic E-state index is 0. The van der Waals surface area contributed by atoms with Crippen LogP contribution in [0.3, 0.4) is 0 Å². The van der Waals surface area contributed by atoms with Crippen molar-refractivity contribution >= 4 is 0 Å². The molecule has 0 spiro atoms. The van der Waals surface area contributed by atoms with Crippen molar-refractivity contribution < 1.29 is 21.9 Å². The van der Waals surface area contributed by atoms with E-state index in [1.165, 1.54) is 25.1 Å². The van der Waals surface area contributed by atoms with Crippen molar-refractivity contribution in [3.63, 3.8) is 0 Å². The summed E-state index contributed by atoms with van der Waals surface area (Å²) in [5.41, 5.74) is 3.09. The van der Waals surface area contributed by atoms with E-state index in [0.717, 1.165) is 0 Å². The maximum absolute atomic E-state index is 2.26. The Morgan fingerprint density at radius 1 is 1.17 bits per heavy atom. The Kier molecular flexibility index (Phi) is 3.29. The highest BCUT2D eigenvalue weighted by Crippen LogP contribution is 2.09. The fourth-order valence-electron chi connectivity index (χ4n) is 1.74. The summed E-state index contributed by atoms with van der Waals surface area (Å²) in [6.45, 7) is 2.49. The fraction of sp³-hybridized carbons (Fsp3) is 0.400.